The molecule has 0 unspecified atom stereocenters. The highest BCUT2D eigenvalue weighted by Crippen LogP contribution is 2.52. The van der Waals surface area contributed by atoms with E-state index in [-0.39, 0.29) is 6.71 Å². The molecule has 2 aliphatic rings. The highest BCUT2D eigenvalue weighted by atomic mass is 15.2. The second kappa shape index (κ2) is 20.5. The van der Waals surface area contributed by atoms with Crippen molar-refractivity contribution in [2.45, 2.75) is 0 Å². The number of rotatable bonds is 9. The molecule has 0 aliphatic carbocycles. The molecule has 2 aromatic heterocycles. The van der Waals surface area contributed by atoms with Gasteiger partial charge in [-0.25, -0.2) is 0 Å². The van der Waals surface area contributed by atoms with Gasteiger partial charge in [-0.15, -0.1) is 0 Å². The van der Waals surface area contributed by atoms with Crippen LogP contribution < -0.4 is 26.2 Å². The summed E-state index contributed by atoms with van der Waals surface area (Å²) in [6.07, 6.45) is 0. The van der Waals surface area contributed by atoms with Crippen LogP contribution in [0.1, 0.15) is 0 Å². The Morgan fingerprint density at radius 1 is 0.225 bits per heavy atom. The van der Waals surface area contributed by atoms with Crippen LogP contribution in [0.25, 0.3) is 111 Å². The number of para-hydroxylation sites is 4. The third-order valence-electron chi connectivity index (χ3n) is 18.7. The Labute approximate surface area is 517 Å². The van der Waals surface area contributed by atoms with Crippen molar-refractivity contribution < 1.29 is 0 Å². The SMILES string of the molecule is c1ccc(-c2ccc(N3c4cc(-n5c6ccccc6c6ccccc65)cc5c4B(c4cc(-c6ccccc6)ccc4N5c4cccc(-c5ccccc5)c4)c4ccc5c(c43)c3ccccc3n5-c3c(-c4ccccc4)cccc3-c3ccccc3)cc2)cc1. The Balaban J connectivity index is 1.00. The standard InChI is InChI=1S/C84H55BN4/c1-6-24-56(25-7-1)59-44-47-64(48-45-59)88-80-55-66(87-74-41-19-16-36-69(74)70-37-17-20-42-75(70)87)54-79-82(80)85(73-53-63(58-28-10-3-11-29-58)46-50-77(73)86(79)65-35-22-34-62(52-65)57-26-8-2-9-27-57)72-49-51-78-81(84(72)88)71-38-18-21-43-76(71)89(78)83-67(60-30-12-4-13-31-60)39-23-40-68(83)61-32-14-5-15-33-61/h1-55H. The highest BCUT2D eigenvalue weighted by molar-refractivity contribution is 7.00. The van der Waals surface area contributed by atoms with Crippen LogP contribution in [0.15, 0.2) is 334 Å². The van der Waals surface area contributed by atoms with Crippen molar-refractivity contribution in [1.82, 2.24) is 9.13 Å². The summed E-state index contributed by atoms with van der Waals surface area (Å²) >= 11 is 0. The Bertz CT molecular complexity index is 5310. The van der Waals surface area contributed by atoms with E-state index in [0.717, 1.165) is 95.3 Å². The largest absolute Gasteiger partial charge is 0.311 e. The molecule has 14 aromatic carbocycles. The molecule has 4 nitrogen and oxygen atoms in total. The monoisotopic (exact) mass is 1130 g/mol. The van der Waals surface area contributed by atoms with Gasteiger partial charge in [0.1, 0.15) is 0 Å². The topological polar surface area (TPSA) is 16.3 Å². The van der Waals surface area contributed by atoms with Gasteiger partial charge in [-0.2, -0.15) is 0 Å². The van der Waals surface area contributed by atoms with Gasteiger partial charge in [0.05, 0.1) is 39.1 Å². The first kappa shape index (κ1) is 50.6. The molecule has 16 aromatic rings. The van der Waals surface area contributed by atoms with E-state index in [1.54, 1.807) is 0 Å². The lowest BCUT2D eigenvalue weighted by Crippen LogP contribution is -2.61. The summed E-state index contributed by atoms with van der Waals surface area (Å²) in [5.41, 5.74) is 29.0. The minimum atomic E-state index is -0.197. The first-order valence-electron chi connectivity index (χ1n) is 30.8. The predicted octanol–water partition coefficient (Wildman–Crippen LogP) is 20.3. The van der Waals surface area contributed by atoms with Crippen molar-refractivity contribution >= 4 is 101 Å². The van der Waals surface area contributed by atoms with Crippen LogP contribution in [-0.2, 0) is 0 Å². The van der Waals surface area contributed by atoms with Crippen LogP contribution in [-0.4, -0.2) is 15.8 Å². The van der Waals surface area contributed by atoms with Gasteiger partial charge >= 0.3 is 0 Å². The van der Waals surface area contributed by atoms with Gasteiger partial charge < -0.3 is 18.9 Å². The fourth-order valence-electron chi connectivity index (χ4n) is 14.8. The minimum absolute atomic E-state index is 0.197. The van der Waals surface area contributed by atoms with Crippen molar-refractivity contribution in [3.63, 3.8) is 0 Å². The molecule has 0 fully saturated rings. The number of anilines is 6. The molecule has 5 heteroatoms. The second-order valence-electron chi connectivity index (χ2n) is 23.5. The summed E-state index contributed by atoms with van der Waals surface area (Å²) in [6.45, 7) is -0.197. The molecular weight excluding hydrogens is 1080 g/mol. The Kier molecular flexibility index (Phi) is 11.7. The molecular formula is C84H55BN4. The quantitative estimate of drug-likeness (QED) is 0.134. The van der Waals surface area contributed by atoms with E-state index in [1.165, 1.54) is 65.9 Å². The minimum Gasteiger partial charge on any atom is -0.311 e. The van der Waals surface area contributed by atoms with Crippen LogP contribution in [0.2, 0.25) is 0 Å². The van der Waals surface area contributed by atoms with Gasteiger partial charge in [0.15, 0.2) is 0 Å². The smallest absolute Gasteiger partial charge is 0.252 e. The number of nitrogens with zero attached hydrogens (tertiary/aromatic N) is 4. The fourth-order valence-corrected chi connectivity index (χ4v) is 14.8. The zero-order chi connectivity index (χ0) is 58.5. The molecule has 0 radical (unpaired) electrons. The maximum atomic E-state index is 2.64. The number of aromatic nitrogens is 2. The first-order chi connectivity index (χ1) is 44.2. The lowest BCUT2D eigenvalue weighted by molar-refractivity contribution is 1.16. The maximum absolute atomic E-state index is 2.64. The van der Waals surface area contributed by atoms with E-state index in [4.69, 9.17) is 0 Å². The van der Waals surface area contributed by atoms with Gasteiger partial charge in [0.2, 0.25) is 0 Å². The van der Waals surface area contributed by atoms with E-state index in [1.807, 2.05) is 0 Å². The van der Waals surface area contributed by atoms with E-state index < -0.39 is 0 Å². The lowest BCUT2D eigenvalue weighted by Gasteiger charge is -2.45. The summed E-state index contributed by atoms with van der Waals surface area (Å²) in [7, 11) is 0. The molecule has 0 atom stereocenters. The number of hydrogen-bond acceptors (Lipinski definition) is 2. The van der Waals surface area contributed by atoms with E-state index in [2.05, 4.69) is 353 Å². The lowest BCUT2D eigenvalue weighted by atomic mass is 9.33. The summed E-state index contributed by atoms with van der Waals surface area (Å²) in [5.74, 6) is 0. The zero-order valence-electron chi connectivity index (χ0n) is 48.6. The summed E-state index contributed by atoms with van der Waals surface area (Å²) in [5, 5.41) is 4.82. The molecule has 0 amide bonds. The van der Waals surface area contributed by atoms with Gasteiger partial charge in [0, 0.05) is 61.1 Å². The van der Waals surface area contributed by atoms with Gasteiger partial charge in [-0.1, -0.05) is 267 Å². The molecule has 0 spiro atoms. The van der Waals surface area contributed by atoms with Gasteiger partial charge in [0.25, 0.3) is 6.71 Å². The number of fused-ring (bicyclic) bond motifs is 11. The van der Waals surface area contributed by atoms with E-state index >= 15 is 0 Å². The fraction of sp³-hybridized carbons (Fsp3) is 0. The second-order valence-corrected chi connectivity index (χ2v) is 23.5. The summed E-state index contributed by atoms with van der Waals surface area (Å²) in [6, 6.07) is 124. The molecule has 2 aliphatic heterocycles. The van der Waals surface area contributed by atoms with Crippen LogP contribution in [0.5, 0.6) is 0 Å². The molecule has 4 heterocycles. The van der Waals surface area contributed by atoms with Crippen molar-refractivity contribution in [2.75, 3.05) is 9.80 Å². The Morgan fingerprint density at radius 3 is 1.26 bits per heavy atom. The zero-order valence-corrected chi connectivity index (χ0v) is 48.6. The highest BCUT2D eigenvalue weighted by Gasteiger charge is 2.45. The van der Waals surface area contributed by atoms with Crippen LogP contribution in [0.4, 0.5) is 34.1 Å². The molecule has 0 saturated heterocycles. The number of benzene rings is 14. The molecule has 0 saturated carbocycles. The maximum Gasteiger partial charge on any atom is 0.252 e. The molecule has 414 valence electrons. The molecule has 0 bridgehead atoms. The van der Waals surface area contributed by atoms with Crippen molar-refractivity contribution in [3.8, 4) is 67.0 Å². The van der Waals surface area contributed by atoms with Crippen LogP contribution in [0, 0.1) is 0 Å². The average Bonchev–Trinajstić information content (AvgIpc) is 1.67. The normalized spacial score (nSPS) is 12.4. The van der Waals surface area contributed by atoms with Gasteiger partial charge in [-0.3, -0.25) is 0 Å². The van der Waals surface area contributed by atoms with E-state index in [9.17, 15) is 0 Å². The van der Waals surface area contributed by atoms with Gasteiger partial charge in [-0.05, 0) is 128 Å². The first-order valence-corrected chi connectivity index (χ1v) is 30.8. The molecule has 0 N–H and O–H groups in total. The molecule has 89 heavy (non-hydrogen) atoms. The number of hydrogen-bond donors (Lipinski definition) is 0. The predicted molar refractivity (Wildman–Crippen MR) is 376 cm³/mol. The molecule has 18 rings (SSSR count). The van der Waals surface area contributed by atoms with Crippen LogP contribution in [0.3, 0.4) is 0 Å². The summed E-state index contributed by atoms with van der Waals surface area (Å²) in [4.78, 5) is 5.21. The van der Waals surface area contributed by atoms with Crippen molar-refractivity contribution in [2.24, 2.45) is 0 Å². The van der Waals surface area contributed by atoms with Crippen LogP contribution >= 0.6 is 0 Å². The summed E-state index contributed by atoms with van der Waals surface area (Å²) < 4.78 is 5.08. The average molecular weight is 1130 g/mol. The third-order valence-corrected chi connectivity index (χ3v) is 18.7. The Hall–Kier alpha value is -11.7. The Morgan fingerprint density at radius 2 is 0.674 bits per heavy atom. The van der Waals surface area contributed by atoms with Crippen molar-refractivity contribution in [1.29, 1.82) is 0 Å². The van der Waals surface area contributed by atoms with E-state index in [0.29, 0.717) is 0 Å². The van der Waals surface area contributed by atoms with Crippen molar-refractivity contribution in [3.05, 3.63) is 334 Å². The third kappa shape index (κ3) is 8.02.